The molecular formula is C16H18N2O. The first-order chi connectivity index (χ1) is 8.99. The molecule has 1 unspecified atom stereocenters. The van der Waals surface area contributed by atoms with Crippen LogP contribution in [0, 0.1) is 13.8 Å². The van der Waals surface area contributed by atoms with Gasteiger partial charge in [-0.3, -0.25) is 4.79 Å². The molecule has 2 aromatic carbocycles. The molecule has 1 atom stereocenters. The molecule has 0 aliphatic rings. The number of primary amides is 1. The van der Waals surface area contributed by atoms with Crippen molar-refractivity contribution in [1.29, 1.82) is 0 Å². The number of amides is 1. The molecular weight excluding hydrogens is 236 g/mol. The molecule has 4 N–H and O–H groups in total. The van der Waals surface area contributed by atoms with E-state index >= 15 is 0 Å². The van der Waals surface area contributed by atoms with Crippen LogP contribution in [-0.4, -0.2) is 5.91 Å². The highest BCUT2D eigenvalue weighted by Gasteiger charge is 2.13. The summed E-state index contributed by atoms with van der Waals surface area (Å²) in [6.45, 7) is 4.14. The summed E-state index contributed by atoms with van der Waals surface area (Å²) in [6, 6.07) is 13.2. The molecule has 1 amide bonds. The lowest BCUT2D eigenvalue weighted by molar-refractivity contribution is -0.119. The highest BCUT2D eigenvalue weighted by Crippen LogP contribution is 2.26. The SMILES string of the molecule is Cc1ccc(-c2cccc(C(N)C(N)=O)c2)c(C)c1. The normalized spacial score (nSPS) is 12.2. The summed E-state index contributed by atoms with van der Waals surface area (Å²) < 4.78 is 0. The fourth-order valence-corrected chi connectivity index (χ4v) is 2.20. The van der Waals surface area contributed by atoms with E-state index in [0.29, 0.717) is 0 Å². The molecule has 0 aliphatic carbocycles. The fraction of sp³-hybridized carbons (Fsp3) is 0.188. The molecule has 3 heteroatoms. The van der Waals surface area contributed by atoms with Crippen LogP contribution in [0.2, 0.25) is 0 Å². The second kappa shape index (κ2) is 5.24. The predicted octanol–water partition coefficient (Wildman–Crippen LogP) is 2.46. The number of nitrogens with two attached hydrogens (primary N) is 2. The Hall–Kier alpha value is -2.13. The van der Waals surface area contributed by atoms with Gasteiger partial charge in [-0.1, -0.05) is 42.0 Å². The van der Waals surface area contributed by atoms with E-state index in [1.807, 2.05) is 24.3 Å². The number of hydrogen-bond acceptors (Lipinski definition) is 2. The van der Waals surface area contributed by atoms with Gasteiger partial charge in [-0.15, -0.1) is 0 Å². The van der Waals surface area contributed by atoms with Gasteiger partial charge in [0.05, 0.1) is 0 Å². The second-order valence-corrected chi connectivity index (χ2v) is 4.82. The maximum Gasteiger partial charge on any atom is 0.238 e. The highest BCUT2D eigenvalue weighted by molar-refractivity contribution is 5.82. The smallest absolute Gasteiger partial charge is 0.238 e. The number of carbonyl (C=O) groups is 1. The molecule has 0 saturated heterocycles. The topological polar surface area (TPSA) is 69.1 Å². The molecule has 0 bridgehead atoms. The first kappa shape index (κ1) is 13.3. The van der Waals surface area contributed by atoms with Gasteiger partial charge >= 0.3 is 0 Å². The predicted molar refractivity (Wildman–Crippen MR) is 77.5 cm³/mol. The quantitative estimate of drug-likeness (QED) is 0.883. The minimum Gasteiger partial charge on any atom is -0.368 e. The lowest BCUT2D eigenvalue weighted by atomic mass is 9.95. The van der Waals surface area contributed by atoms with E-state index in [2.05, 4.69) is 32.0 Å². The number of aryl methyl sites for hydroxylation is 2. The fourth-order valence-electron chi connectivity index (χ4n) is 2.20. The Balaban J connectivity index is 2.46. The van der Waals surface area contributed by atoms with E-state index in [9.17, 15) is 4.79 Å². The summed E-state index contributed by atoms with van der Waals surface area (Å²) in [6.07, 6.45) is 0. The van der Waals surface area contributed by atoms with Crippen LogP contribution in [0.3, 0.4) is 0 Å². The summed E-state index contributed by atoms with van der Waals surface area (Å²) in [5.41, 5.74) is 16.4. The molecule has 19 heavy (non-hydrogen) atoms. The largest absolute Gasteiger partial charge is 0.368 e. The molecule has 0 saturated carbocycles. The minimum atomic E-state index is -0.759. The monoisotopic (exact) mass is 254 g/mol. The number of carbonyl (C=O) groups excluding carboxylic acids is 1. The van der Waals surface area contributed by atoms with Crippen molar-refractivity contribution in [2.45, 2.75) is 19.9 Å². The Morgan fingerprint density at radius 2 is 1.84 bits per heavy atom. The van der Waals surface area contributed by atoms with Crippen LogP contribution >= 0.6 is 0 Å². The Kier molecular flexibility index (Phi) is 3.67. The molecule has 3 nitrogen and oxygen atoms in total. The van der Waals surface area contributed by atoms with Gasteiger partial charge in [-0.25, -0.2) is 0 Å². The Morgan fingerprint density at radius 3 is 2.47 bits per heavy atom. The average Bonchev–Trinajstić information content (AvgIpc) is 2.38. The van der Waals surface area contributed by atoms with Gasteiger partial charge in [0.15, 0.2) is 0 Å². The van der Waals surface area contributed by atoms with Crippen molar-refractivity contribution >= 4 is 5.91 Å². The van der Waals surface area contributed by atoms with Crippen LogP contribution in [0.5, 0.6) is 0 Å². The maximum absolute atomic E-state index is 11.2. The third-order valence-electron chi connectivity index (χ3n) is 3.25. The summed E-state index contributed by atoms with van der Waals surface area (Å²) in [5, 5.41) is 0. The van der Waals surface area contributed by atoms with Gasteiger partial charge in [0.1, 0.15) is 6.04 Å². The minimum absolute atomic E-state index is 0.516. The Labute approximate surface area is 113 Å². The summed E-state index contributed by atoms with van der Waals surface area (Å²) in [4.78, 5) is 11.2. The maximum atomic E-state index is 11.2. The zero-order valence-electron chi connectivity index (χ0n) is 11.2. The zero-order chi connectivity index (χ0) is 14.0. The number of hydrogen-bond donors (Lipinski definition) is 2. The molecule has 0 radical (unpaired) electrons. The van der Waals surface area contributed by atoms with E-state index in [1.165, 1.54) is 11.1 Å². The summed E-state index contributed by atoms with van der Waals surface area (Å²) >= 11 is 0. The number of benzene rings is 2. The second-order valence-electron chi connectivity index (χ2n) is 4.82. The summed E-state index contributed by atoms with van der Waals surface area (Å²) in [7, 11) is 0. The highest BCUT2D eigenvalue weighted by atomic mass is 16.1. The zero-order valence-corrected chi connectivity index (χ0v) is 11.2. The molecule has 0 aromatic heterocycles. The van der Waals surface area contributed by atoms with Gasteiger partial charge < -0.3 is 11.5 Å². The van der Waals surface area contributed by atoms with Gasteiger partial charge in [-0.05, 0) is 42.2 Å². The van der Waals surface area contributed by atoms with Gasteiger partial charge in [0.2, 0.25) is 5.91 Å². The van der Waals surface area contributed by atoms with Crippen molar-refractivity contribution in [3.8, 4) is 11.1 Å². The van der Waals surface area contributed by atoms with Crippen LogP contribution < -0.4 is 11.5 Å². The standard InChI is InChI=1S/C16H18N2O/c1-10-6-7-14(11(2)8-10)12-4-3-5-13(9-12)15(17)16(18)19/h3-9,15H,17H2,1-2H3,(H2,18,19). The van der Waals surface area contributed by atoms with Gasteiger partial charge in [0.25, 0.3) is 0 Å². The van der Waals surface area contributed by atoms with Crippen molar-refractivity contribution in [3.63, 3.8) is 0 Å². The Morgan fingerprint density at radius 1 is 1.11 bits per heavy atom. The van der Waals surface area contributed by atoms with Crippen molar-refractivity contribution in [1.82, 2.24) is 0 Å². The van der Waals surface area contributed by atoms with E-state index in [4.69, 9.17) is 11.5 Å². The molecule has 0 spiro atoms. The first-order valence-electron chi connectivity index (χ1n) is 6.21. The molecule has 0 heterocycles. The van der Waals surface area contributed by atoms with Crippen LogP contribution in [0.25, 0.3) is 11.1 Å². The third-order valence-corrected chi connectivity index (χ3v) is 3.25. The van der Waals surface area contributed by atoms with Crippen molar-refractivity contribution in [2.75, 3.05) is 0 Å². The molecule has 2 aromatic rings. The van der Waals surface area contributed by atoms with Crippen molar-refractivity contribution in [3.05, 3.63) is 59.2 Å². The van der Waals surface area contributed by atoms with Gasteiger partial charge in [0, 0.05) is 0 Å². The van der Waals surface area contributed by atoms with E-state index in [-0.39, 0.29) is 0 Å². The van der Waals surface area contributed by atoms with Crippen LogP contribution in [-0.2, 0) is 4.79 Å². The molecule has 98 valence electrons. The van der Waals surface area contributed by atoms with E-state index in [0.717, 1.165) is 16.7 Å². The third kappa shape index (κ3) is 2.83. The van der Waals surface area contributed by atoms with E-state index < -0.39 is 11.9 Å². The molecule has 2 rings (SSSR count). The Bertz CT molecular complexity index is 620. The lowest BCUT2D eigenvalue weighted by Crippen LogP contribution is -2.28. The van der Waals surface area contributed by atoms with Gasteiger partial charge in [-0.2, -0.15) is 0 Å². The first-order valence-corrected chi connectivity index (χ1v) is 6.21. The van der Waals surface area contributed by atoms with Crippen LogP contribution in [0.1, 0.15) is 22.7 Å². The summed E-state index contributed by atoms with van der Waals surface area (Å²) in [5.74, 6) is -0.516. The molecule has 0 fully saturated rings. The van der Waals surface area contributed by atoms with E-state index in [1.54, 1.807) is 0 Å². The van der Waals surface area contributed by atoms with Crippen LogP contribution in [0.15, 0.2) is 42.5 Å². The molecule has 0 aliphatic heterocycles. The van der Waals surface area contributed by atoms with Crippen molar-refractivity contribution in [2.24, 2.45) is 11.5 Å². The number of rotatable bonds is 3. The van der Waals surface area contributed by atoms with Crippen LogP contribution in [0.4, 0.5) is 0 Å². The lowest BCUT2D eigenvalue weighted by Gasteiger charge is -2.12. The average molecular weight is 254 g/mol. The van der Waals surface area contributed by atoms with Crippen molar-refractivity contribution < 1.29 is 4.79 Å².